The molecule has 1 aromatic rings. The predicted octanol–water partition coefficient (Wildman–Crippen LogP) is 4.21. The van der Waals surface area contributed by atoms with Gasteiger partial charge in [0.2, 0.25) is 0 Å². The summed E-state index contributed by atoms with van der Waals surface area (Å²) in [6.45, 7) is 6.62. The Bertz CT molecular complexity index is 301. The summed E-state index contributed by atoms with van der Waals surface area (Å²) in [6, 6.07) is 2.51. The minimum Gasteiger partial charge on any atom is -0.327 e. The number of aryl methyl sites for hydroxylation is 1. The Morgan fingerprint density at radius 1 is 1.47 bits per heavy atom. The van der Waals surface area contributed by atoms with Gasteiger partial charge in [-0.3, -0.25) is 0 Å². The molecule has 0 aliphatic carbocycles. The molecule has 2 N–H and O–H groups in total. The Morgan fingerprint density at radius 3 is 2.60 bits per heavy atom. The maximum Gasteiger partial charge on any atom is 0.0285 e. The minimum atomic E-state index is 0.232. The average molecular weight is 290 g/mol. The van der Waals surface area contributed by atoms with E-state index in [1.54, 1.807) is 0 Å². The van der Waals surface area contributed by atoms with Crippen LogP contribution in [0.1, 0.15) is 38.5 Å². The highest BCUT2D eigenvalue weighted by Crippen LogP contribution is 2.24. The van der Waals surface area contributed by atoms with Crippen molar-refractivity contribution in [3.63, 3.8) is 0 Å². The third kappa shape index (κ3) is 4.66. The molecule has 0 aliphatic rings. The van der Waals surface area contributed by atoms with Crippen molar-refractivity contribution < 1.29 is 0 Å². The van der Waals surface area contributed by atoms with Crippen molar-refractivity contribution in [2.75, 3.05) is 0 Å². The van der Waals surface area contributed by atoms with Gasteiger partial charge in [-0.2, -0.15) is 0 Å². The third-order valence-electron chi connectivity index (χ3n) is 2.67. The molecule has 0 aromatic carbocycles. The molecule has 0 fully saturated rings. The van der Waals surface area contributed by atoms with Gasteiger partial charge in [0, 0.05) is 20.8 Å². The second kappa shape index (κ2) is 5.46. The Labute approximate surface area is 105 Å². The third-order valence-corrected chi connectivity index (χ3v) is 4.43. The SMILES string of the molecule is CC(C)(C)C(N)CCCc1cc(Br)cs1. The molecule has 0 radical (unpaired) electrons. The first-order valence-corrected chi connectivity index (χ1v) is 7.05. The highest BCUT2D eigenvalue weighted by atomic mass is 79.9. The molecule has 15 heavy (non-hydrogen) atoms. The van der Waals surface area contributed by atoms with Gasteiger partial charge in [0.05, 0.1) is 0 Å². The van der Waals surface area contributed by atoms with Crippen LogP contribution in [0.4, 0.5) is 0 Å². The molecule has 1 unspecified atom stereocenters. The van der Waals surface area contributed by atoms with Gasteiger partial charge in [-0.05, 0) is 46.7 Å². The second-order valence-corrected chi connectivity index (χ2v) is 7.01. The largest absolute Gasteiger partial charge is 0.327 e. The standard InChI is InChI=1S/C12H20BrNS/c1-12(2,3)11(14)6-4-5-10-7-9(13)8-15-10/h7-8,11H,4-6,14H2,1-3H3. The lowest BCUT2D eigenvalue weighted by Gasteiger charge is -2.26. The molecule has 3 heteroatoms. The summed E-state index contributed by atoms with van der Waals surface area (Å²) in [5.74, 6) is 0. The van der Waals surface area contributed by atoms with Gasteiger partial charge in [-0.1, -0.05) is 20.8 Å². The van der Waals surface area contributed by atoms with E-state index in [1.165, 1.54) is 15.8 Å². The zero-order valence-corrected chi connectivity index (χ0v) is 12.1. The molecular formula is C12H20BrNS. The van der Waals surface area contributed by atoms with E-state index in [0.29, 0.717) is 6.04 Å². The van der Waals surface area contributed by atoms with E-state index in [9.17, 15) is 0 Å². The zero-order valence-electron chi connectivity index (χ0n) is 9.72. The molecule has 1 rings (SSSR count). The van der Waals surface area contributed by atoms with Gasteiger partial charge >= 0.3 is 0 Å². The minimum absolute atomic E-state index is 0.232. The summed E-state index contributed by atoms with van der Waals surface area (Å²) in [5, 5.41) is 2.14. The summed E-state index contributed by atoms with van der Waals surface area (Å²) >= 11 is 5.29. The van der Waals surface area contributed by atoms with Gasteiger partial charge in [-0.15, -0.1) is 11.3 Å². The van der Waals surface area contributed by atoms with Crippen molar-refractivity contribution in [2.24, 2.45) is 11.1 Å². The van der Waals surface area contributed by atoms with Gasteiger partial charge in [0.15, 0.2) is 0 Å². The molecular weight excluding hydrogens is 270 g/mol. The summed E-state index contributed by atoms with van der Waals surface area (Å²) in [7, 11) is 0. The summed E-state index contributed by atoms with van der Waals surface area (Å²) in [5.41, 5.74) is 6.35. The molecule has 1 aromatic heterocycles. The number of rotatable bonds is 4. The highest BCUT2D eigenvalue weighted by molar-refractivity contribution is 9.10. The van der Waals surface area contributed by atoms with Gasteiger partial charge < -0.3 is 5.73 Å². The van der Waals surface area contributed by atoms with Gasteiger partial charge in [-0.25, -0.2) is 0 Å². The van der Waals surface area contributed by atoms with E-state index in [-0.39, 0.29) is 5.41 Å². The molecule has 1 heterocycles. The van der Waals surface area contributed by atoms with Crippen LogP contribution in [0, 0.1) is 5.41 Å². The van der Waals surface area contributed by atoms with Crippen LogP contribution in [0.2, 0.25) is 0 Å². The summed E-state index contributed by atoms with van der Waals surface area (Å²) in [6.07, 6.45) is 3.45. The van der Waals surface area contributed by atoms with E-state index in [0.717, 1.165) is 12.8 Å². The molecule has 1 nitrogen and oxygen atoms in total. The first kappa shape index (κ1) is 13.2. The maximum absolute atomic E-state index is 6.11. The Morgan fingerprint density at radius 2 is 2.13 bits per heavy atom. The van der Waals surface area contributed by atoms with Crippen molar-refractivity contribution in [3.05, 3.63) is 20.8 Å². The Hall–Kier alpha value is 0.140. The van der Waals surface area contributed by atoms with E-state index in [4.69, 9.17) is 5.73 Å². The van der Waals surface area contributed by atoms with Crippen LogP contribution in [0.3, 0.4) is 0 Å². The fourth-order valence-electron chi connectivity index (χ4n) is 1.41. The van der Waals surface area contributed by atoms with Crippen molar-refractivity contribution >= 4 is 27.3 Å². The van der Waals surface area contributed by atoms with Crippen molar-refractivity contribution in [3.8, 4) is 0 Å². The van der Waals surface area contributed by atoms with E-state index >= 15 is 0 Å². The van der Waals surface area contributed by atoms with Crippen LogP contribution in [0.5, 0.6) is 0 Å². The number of hydrogen-bond acceptors (Lipinski definition) is 2. The van der Waals surface area contributed by atoms with Crippen LogP contribution in [-0.2, 0) is 6.42 Å². The second-order valence-electron chi connectivity index (χ2n) is 5.10. The van der Waals surface area contributed by atoms with Crippen LogP contribution in [-0.4, -0.2) is 6.04 Å². The number of halogens is 1. The Balaban J connectivity index is 2.28. The van der Waals surface area contributed by atoms with Gasteiger partial charge in [0.1, 0.15) is 0 Å². The number of nitrogens with two attached hydrogens (primary N) is 1. The van der Waals surface area contributed by atoms with Crippen LogP contribution >= 0.6 is 27.3 Å². The van der Waals surface area contributed by atoms with Crippen LogP contribution < -0.4 is 5.73 Å². The monoisotopic (exact) mass is 289 g/mol. The first-order chi connectivity index (χ1) is 6.89. The topological polar surface area (TPSA) is 26.0 Å². The van der Waals surface area contributed by atoms with E-state index < -0.39 is 0 Å². The lowest BCUT2D eigenvalue weighted by atomic mass is 9.84. The summed E-state index contributed by atoms with van der Waals surface area (Å²) < 4.78 is 1.20. The van der Waals surface area contributed by atoms with E-state index in [2.05, 4.69) is 48.1 Å². The maximum atomic E-state index is 6.11. The quantitative estimate of drug-likeness (QED) is 0.883. The summed E-state index contributed by atoms with van der Waals surface area (Å²) in [4.78, 5) is 1.45. The normalized spacial score (nSPS) is 14.2. The van der Waals surface area contributed by atoms with Gasteiger partial charge in [0.25, 0.3) is 0 Å². The van der Waals surface area contributed by atoms with Crippen LogP contribution in [0.15, 0.2) is 15.9 Å². The van der Waals surface area contributed by atoms with Crippen LogP contribution in [0.25, 0.3) is 0 Å². The molecule has 0 bridgehead atoms. The Kier molecular flexibility index (Phi) is 4.81. The predicted molar refractivity (Wildman–Crippen MR) is 72.4 cm³/mol. The smallest absolute Gasteiger partial charge is 0.0285 e. The molecule has 0 saturated heterocycles. The average Bonchev–Trinajstić information content (AvgIpc) is 2.49. The van der Waals surface area contributed by atoms with Crippen molar-refractivity contribution in [1.29, 1.82) is 0 Å². The lowest BCUT2D eigenvalue weighted by Crippen LogP contribution is -2.34. The van der Waals surface area contributed by atoms with Crippen molar-refractivity contribution in [1.82, 2.24) is 0 Å². The van der Waals surface area contributed by atoms with Crippen molar-refractivity contribution in [2.45, 2.75) is 46.1 Å². The van der Waals surface area contributed by atoms with E-state index in [1.807, 2.05) is 11.3 Å². The zero-order chi connectivity index (χ0) is 11.5. The lowest BCUT2D eigenvalue weighted by molar-refractivity contribution is 0.301. The molecule has 0 aliphatic heterocycles. The fraction of sp³-hybridized carbons (Fsp3) is 0.667. The molecule has 0 amide bonds. The highest BCUT2D eigenvalue weighted by Gasteiger charge is 2.19. The first-order valence-electron chi connectivity index (χ1n) is 5.38. The number of thiophene rings is 1. The molecule has 86 valence electrons. The molecule has 0 saturated carbocycles. The molecule has 0 spiro atoms. The fourth-order valence-corrected chi connectivity index (χ4v) is 2.91. The number of hydrogen-bond donors (Lipinski definition) is 1. The molecule has 1 atom stereocenters.